The summed E-state index contributed by atoms with van der Waals surface area (Å²) in [5, 5.41) is 3.77. The molecule has 0 spiro atoms. The monoisotopic (exact) mass is 462 g/mol. The fourth-order valence-electron chi connectivity index (χ4n) is 4.35. The van der Waals surface area contributed by atoms with Gasteiger partial charge in [-0.25, -0.2) is 8.42 Å². The lowest BCUT2D eigenvalue weighted by Crippen LogP contribution is -2.51. The Balaban J connectivity index is 1.40. The fraction of sp³-hybridized carbons (Fsp3) is 0.545. The van der Waals surface area contributed by atoms with Gasteiger partial charge in [0, 0.05) is 31.9 Å². The molecule has 3 heterocycles. The number of furan rings is 1. The topological polar surface area (TPSA) is 100 Å². The number of amides is 1. The molecule has 32 heavy (non-hydrogen) atoms. The number of piperazine rings is 1. The molecule has 10 heteroatoms. The number of aromatic nitrogens is 1. The minimum absolute atomic E-state index is 0.0107. The summed E-state index contributed by atoms with van der Waals surface area (Å²) in [6, 6.07) is 3.70. The number of carbonyl (C=O) groups excluding carboxylic acids is 1. The molecule has 0 saturated carbocycles. The van der Waals surface area contributed by atoms with Crippen molar-refractivity contribution in [2.24, 2.45) is 0 Å². The molecule has 174 valence electrons. The normalized spacial score (nSPS) is 18.5. The predicted octanol–water partition coefficient (Wildman–Crippen LogP) is 2.68. The SMILES string of the molecule is Cc1noc(C)c1S(=O)(=O)N1CCN(CC(=O)N(Cc2ccco2)C2=CCCCC2)CC1. The Kier molecular flexibility index (Phi) is 6.82. The molecule has 0 bridgehead atoms. The molecule has 1 aliphatic heterocycles. The standard InChI is InChI=1S/C22H30N4O5S/c1-17-22(18(2)31-23-17)32(28,29)25-12-10-24(11-13-25)16-21(27)26(15-20-9-6-14-30-20)19-7-4-3-5-8-19/h6-7,9,14H,3-5,8,10-13,15-16H2,1-2H3. The van der Waals surface area contributed by atoms with Crippen LogP contribution < -0.4 is 0 Å². The first-order chi connectivity index (χ1) is 15.4. The second kappa shape index (κ2) is 9.60. The van der Waals surface area contributed by atoms with E-state index in [-0.39, 0.29) is 17.3 Å². The summed E-state index contributed by atoms with van der Waals surface area (Å²) in [5.74, 6) is 1.06. The Morgan fingerprint density at radius 2 is 1.97 bits per heavy atom. The summed E-state index contributed by atoms with van der Waals surface area (Å²) in [5.41, 5.74) is 1.42. The molecule has 1 amide bonds. The van der Waals surface area contributed by atoms with Crippen molar-refractivity contribution in [3.63, 3.8) is 0 Å². The van der Waals surface area contributed by atoms with E-state index in [0.29, 0.717) is 44.2 Å². The number of allylic oxidation sites excluding steroid dienone is 2. The smallest absolute Gasteiger partial charge is 0.248 e. The summed E-state index contributed by atoms with van der Waals surface area (Å²) >= 11 is 0. The van der Waals surface area contributed by atoms with Gasteiger partial charge in [0.1, 0.15) is 16.3 Å². The van der Waals surface area contributed by atoms with Gasteiger partial charge >= 0.3 is 0 Å². The Morgan fingerprint density at radius 3 is 2.56 bits per heavy atom. The van der Waals surface area contributed by atoms with E-state index in [1.807, 2.05) is 21.9 Å². The summed E-state index contributed by atoms with van der Waals surface area (Å²) < 4.78 is 38.0. The molecule has 4 rings (SSSR count). The number of sulfonamides is 1. The first kappa shape index (κ1) is 22.8. The van der Waals surface area contributed by atoms with Crippen LogP contribution in [0.15, 0.2) is 44.0 Å². The van der Waals surface area contributed by atoms with Crippen LogP contribution in [-0.2, 0) is 21.4 Å². The molecule has 0 aromatic carbocycles. The Bertz CT molecular complexity index is 1050. The van der Waals surface area contributed by atoms with Crippen molar-refractivity contribution in [3.05, 3.63) is 47.4 Å². The third kappa shape index (κ3) is 4.82. The summed E-state index contributed by atoms with van der Waals surface area (Å²) in [7, 11) is -3.67. The molecule has 9 nitrogen and oxygen atoms in total. The number of rotatable bonds is 7. The number of hydrogen-bond acceptors (Lipinski definition) is 7. The predicted molar refractivity (Wildman–Crippen MR) is 117 cm³/mol. The van der Waals surface area contributed by atoms with E-state index < -0.39 is 10.0 Å². The van der Waals surface area contributed by atoms with E-state index in [2.05, 4.69) is 11.2 Å². The summed E-state index contributed by atoms with van der Waals surface area (Å²) in [6.45, 7) is 5.52. The molecular formula is C22H30N4O5S. The highest BCUT2D eigenvalue weighted by molar-refractivity contribution is 7.89. The van der Waals surface area contributed by atoms with Gasteiger partial charge < -0.3 is 13.8 Å². The van der Waals surface area contributed by atoms with Crippen LogP contribution in [-0.4, -0.2) is 66.3 Å². The van der Waals surface area contributed by atoms with E-state index in [1.165, 1.54) is 4.31 Å². The zero-order valence-electron chi connectivity index (χ0n) is 18.6. The van der Waals surface area contributed by atoms with E-state index >= 15 is 0 Å². The van der Waals surface area contributed by atoms with Gasteiger partial charge in [-0.05, 0) is 51.7 Å². The van der Waals surface area contributed by atoms with Crippen LogP contribution in [0.25, 0.3) is 0 Å². The van der Waals surface area contributed by atoms with Gasteiger partial charge in [-0.15, -0.1) is 0 Å². The van der Waals surface area contributed by atoms with E-state index in [4.69, 9.17) is 8.94 Å². The van der Waals surface area contributed by atoms with Crippen LogP contribution in [0.1, 0.15) is 42.9 Å². The summed E-state index contributed by atoms with van der Waals surface area (Å²) in [6.07, 6.45) is 7.86. The number of aryl methyl sites for hydroxylation is 2. The van der Waals surface area contributed by atoms with Crippen LogP contribution in [0.5, 0.6) is 0 Å². The molecule has 2 aromatic rings. The zero-order chi connectivity index (χ0) is 22.7. The quantitative estimate of drug-likeness (QED) is 0.624. The Labute approximate surface area is 188 Å². The van der Waals surface area contributed by atoms with E-state index in [0.717, 1.165) is 37.1 Å². The van der Waals surface area contributed by atoms with Crippen LogP contribution >= 0.6 is 0 Å². The first-order valence-corrected chi connectivity index (χ1v) is 12.5. The molecule has 2 aromatic heterocycles. The number of carbonyl (C=O) groups is 1. The second-order valence-corrected chi connectivity index (χ2v) is 10.2. The van der Waals surface area contributed by atoms with Crippen molar-refractivity contribution < 1.29 is 22.2 Å². The molecule has 2 aliphatic rings. The van der Waals surface area contributed by atoms with Crippen LogP contribution in [0.3, 0.4) is 0 Å². The van der Waals surface area contributed by atoms with Gasteiger partial charge in [-0.3, -0.25) is 9.69 Å². The molecule has 1 fully saturated rings. The fourth-order valence-corrected chi connectivity index (χ4v) is 6.06. The molecular weight excluding hydrogens is 432 g/mol. The van der Waals surface area contributed by atoms with Gasteiger partial charge in [0.25, 0.3) is 0 Å². The lowest BCUT2D eigenvalue weighted by Gasteiger charge is -2.35. The van der Waals surface area contributed by atoms with Gasteiger partial charge in [0.15, 0.2) is 5.76 Å². The maximum absolute atomic E-state index is 13.2. The van der Waals surface area contributed by atoms with Gasteiger partial charge in [-0.1, -0.05) is 11.2 Å². The third-order valence-corrected chi connectivity index (χ3v) is 8.21. The Morgan fingerprint density at radius 1 is 1.19 bits per heavy atom. The minimum atomic E-state index is -3.67. The van der Waals surface area contributed by atoms with Crippen molar-refractivity contribution >= 4 is 15.9 Å². The molecule has 0 N–H and O–H groups in total. The largest absolute Gasteiger partial charge is 0.467 e. The first-order valence-electron chi connectivity index (χ1n) is 11.0. The zero-order valence-corrected chi connectivity index (χ0v) is 19.4. The maximum atomic E-state index is 13.2. The second-order valence-electron chi connectivity index (χ2n) is 8.33. The highest BCUT2D eigenvalue weighted by Crippen LogP contribution is 2.25. The van der Waals surface area contributed by atoms with Crippen molar-refractivity contribution in [3.8, 4) is 0 Å². The van der Waals surface area contributed by atoms with Gasteiger partial charge in [-0.2, -0.15) is 4.31 Å². The van der Waals surface area contributed by atoms with Gasteiger partial charge in [0.2, 0.25) is 15.9 Å². The highest BCUT2D eigenvalue weighted by Gasteiger charge is 2.34. The highest BCUT2D eigenvalue weighted by atomic mass is 32.2. The lowest BCUT2D eigenvalue weighted by atomic mass is 10.0. The van der Waals surface area contributed by atoms with Crippen molar-refractivity contribution in [2.45, 2.75) is 51.0 Å². The Hall–Kier alpha value is -2.43. The van der Waals surface area contributed by atoms with Crippen LogP contribution in [0.4, 0.5) is 0 Å². The molecule has 1 saturated heterocycles. The average Bonchev–Trinajstić information content (AvgIpc) is 3.42. The summed E-state index contributed by atoms with van der Waals surface area (Å²) in [4.78, 5) is 17.2. The maximum Gasteiger partial charge on any atom is 0.248 e. The van der Waals surface area contributed by atoms with Crippen LogP contribution in [0, 0.1) is 13.8 Å². The van der Waals surface area contributed by atoms with Crippen molar-refractivity contribution in [1.29, 1.82) is 0 Å². The minimum Gasteiger partial charge on any atom is -0.467 e. The molecule has 0 unspecified atom stereocenters. The number of hydrogen-bond donors (Lipinski definition) is 0. The van der Waals surface area contributed by atoms with Crippen molar-refractivity contribution in [2.75, 3.05) is 32.7 Å². The molecule has 1 aliphatic carbocycles. The average molecular weight is 463 g/mol. The van der Waals surface area contributed by atoms with Crippen molar-refractivity contribution in [1.82, 2.24) is 19.3 Å². The number of nitrogens with zero attached hydrogens (tertiary/aromatic N) is 4. The van der Waals surface area contributed by atoms with Crippen LogP contribution in [0.2, 0.25) is 0 Å². The third-order valence-electron chi connectivity index (χ3n) is 6.06. The molecule has 0 radical (unpaired) electrons. The van der Waals surface area contributed by atoms with E-state index in [9.17, 15) is 13.2 Å². The molecule has 0 atom stereocenters. The lowest BCUT2D eigenvalue weighted by molar-refractivity contribution is -0.131. The van der Waals surface area contributed by atoms with E-state index in [1.54, 1.807) is 20.1 Å². The van der Waals surface area contributed by atoms with Gasteiger partial charge in [0.05, 0.1) is 19.4 Å².